The van der Waals surface area contributed by atoms with Gasteiger partial charge in [-0.25, -0.2) is 0 Å². The summed E-state index contributed by atoms with van der Waals surface area (Å²) in [6.07, 6.45) is 1.90. The van der Waals surface area contributed by atoms with Gasteiger partial charge < -0.3 is 9.64 Å². The zero-order valence-electron chi connectivity index (χ0n) is 11.6. The van der Waals surface area contributed by atoms with Crippen molar-refractivity contribution >= 4 is 5.69 Å². The van der Waals surface area contributed by atoms with Gasteiger partial charge in [-0.3, -0.25) is 4.39 Å². The highest BCUT2D eigenvalue weighted by Gasteiger charge is 2.22. The van der Waals surface area contributed by atoms with Crippen LogP contribution < -0.4 is 4.90 Å². The number of ether oxygens (including phenoxy) is 1. The van der Waals surface area contributed by atoms with Crippen LogP contribution in [0.15, 0.2) is 29.4 Å². The quantitative estimate of drug-likeness (QED) is 0.453. The van der Waals surface area contributed by atoms with Crippen LogP contribution >= 0.6 is 0 Å². The molecule has 0 aliphatic carbocycles. The summed E-state index contributed by atoms with van der Waals surface area (Å²) in [5, 5.41) is 3.46. The van der Waals surface area contributed by atoms with E-state index in [-0.39, 0.29) is 0 Å². The van der Waals surface area contributed by atoms with E-state index in [2.05, 4.69) is 14.9 Å². The van der Waals surface area contributed by atoms with Gasteiger partial charge in [0.05, 0.1) is 12.1 Å². The number of azide groups is 1. The minimum absolute atomic E-state index is 0.552. The number of hydrogen-bond acceptors (Lipinski definition) is 3. The summed E-state index contributed by atoms with van der Waals surface area (Å²) >= 11 is 0. The third kappa shape index (κ3) is 3.21. The minimum atomic E-state index is -0.831. The van der Waals surface area contributed by atoms with Gasteiger partial charge in [0.25, 0.3) is 0 Å². The molecule has 6 heteroatoms. The van der Waals surface area contributed by atoms with Crippen molar-refractivity contribution in [2.75, 3.05) is 31.8 Å². The number of anilines is 1. The van der Waals surface area contributed by atoms with Crippen molar-refractivity contribution in [2.24, 2.45) is 5.11 Å². The van der Waals surface area contributed by atoms with Crippen molar-refractivity contribution in [3.63, 3.8) is 0 Å². The number of halogens is 1. The van der Waals surface area contributed by atoms with E-state index in [0.717, 1.165) is 18.7 Å². The molecule has 2 rings (SSSR count). The van der Waals surface area contributed by atoms with Gasteiger partial charge >= 0.3 is 0 Å². The first kappa shape index (κ1) is 14.6. The molecule has 5 nitrogen and oxygen atoms in total. The molecule has 0 radical (unpaired) electrons. The van der Waals surface area contributed by atoms with Crippen LogP contribution in [0.2, 0.25) is 0 Å². The van der Waals surface area contributed by atoms with E-state index < -0.39 is 18.8 Å². The number of benzene rings is 1. The van der Waals surface area contributed by atoms with Crippen LogP contribution in [0.5, 0.6) is 0 Å². The SMILES string of the molecule is CO[C@H](c1ccc(N2CCCC2)cc1)C(CF)N=[N+]=[N-]. The molecule has 0 saturated carbocycles. The number of rotatable bonds is 6. The summed E-state index contributed by atoms with van der Waals surface area (Å²) in [6, 6.07) is 7.02. The second-order valence-corrected chi connectivity index (χ2v) is 4.87. The largest absolute Gasteiger partial charge is 0.376 e. The second kappa shape index (κ2) is 7.12. The monoisotopic (exact) mass is 278 g/mol. The Morgan fingerprint density at radius 3 is 2.50 bits per heavy atom. The molecule has 20 heavy (non-hydrogen) atoms. The van der Waals surface area contributed by atoms with E-state index >= 15 is 0 Å². The average Bonchev–Trinajstić information content (AvgIpc) is 3.02. The summed E-state index contributed by atoms with van der Waals surface area (Å²) in [6.45, 7) is 1.42. The molecule has 1 aliphatic heterocycles. The molecule has 108 valence electrons. The van der Waals surface area contributed by atoms with Gasteiger partial charge in [0.1, 0.15) is 6.67 Å². The first-order chi connectivity index (χ1) is 9.80. The van der Waals surface area contributed by atoms with E-state index in [9.17, 15) is 4.39 Å². The smallest absolute Gasteiger partial charge is 0.101 e. The highest BCUT2D eigenvalue weighted by Crippen LogP contribution is 2.27. The summed E-state index contributed by atoms with van der Waals surface area (Å²) in [5.41, 5.74) is 10.5. The lowest BCUT2D eigenvalue weighted by atomic mass is 10.0. The molecular formula is C14H19FN4O. The van der Waals surface area contributed by atoms with Crippen molar-refractivity contribution in [1.29, 1.82) is 0 Å². The van der Waals surface area contributed by atoms with Crippen LogP contribution in [0.25, 0.3) is 10.4 Å². The first-order valence-corrected chi connectivity index (χ1v) is 6.78. The van der Waals surface area contributed by atoms with Crippen LogP contribution in [-0.2, 0) is 4.74 Å². The van der Waals surface area contributed by atoms with Gasteiger partial charge in [-0.05, 0) is 36.1 Å². The Morgan fingerprint density at radius 2 is 2.00 bits per heavy atom. The lowest BCUT2D eigenvalue weighted by Gasteiger charge is -2.22. The van der Waals surface area contributed by atoms with E-state index in [0.29, 0.717) is 0 Å². The zero-order valence-corrected chi connectivity index (χ0v) is 11.6. The lowest BCUT2D eigenvalue weighted by Crippen LogP contribution is -2.21. The van der Waals surface area contributed by atoms with Gasteiger partial charge in [-0.2, -0.15) is 0 Å². The number of nitrogens with zero attached hydrogens (tertiary/aromatic N) is 4. The molecule has 0 spiro atoms. The highest BCUT2D eigenvalue weighted by molar-refractivity contribution is 5.48. The van der Waals surface area contributed by atoms with Crippen LogP contribution in [0.1, 0.15) is 24.5 Å². The van der Waals surface area contributed by atoms with Crippen molar-refractivity contribution in [2.45, 2.75) is 25.0 Å². The van der Waals surface area contributed by atoms with E-state index in [4.69, 9.17) is 10.3 Å². The highest BCUT2D eigenvalue weighted by atomic mass is 19.1. The fourth-order valence-corrected chi connectivity index (χ4v) is 2.60. The molecule has 1 aromatic rings. The molecule has 1 heterocycles. The van der Waals surface area contributed by atoms with Crippen LogP contribution in [-0.4, -0.2) is 32.9 Å². The number of hydrogen-bond donors (Lipinski definition) is 0. The Balaban J connectivity index is 2.15. The fourth-order valence-electron chi connectivity index (χ4n) is 2.60. The lowest BCUT2D eigenvalue weighted by molar-refractivity contribution is 0.0722. The molecule has 1 saturated heterocycles. The predicted octanol–water partition coefficient (Wildman–Crippen LogP) is 3.62. The van der Waals surface area contributed by atoms with Crippen LogP contribution in [0.3, 0.4) is 0 Å². The van der Waals surface area contributed by atoms with Gasteiger partial charge in [0, 0.05) is 30.8 Å². The molecule has 0 N–H and O–H groups in total. The van der Waals surface area contributed by atoms with Gasteiger partial charge in [0.15, 0.2) is 0 Å². The Bertz CT molecular complexity index is 467. The maximum atomic E-state index is 12.9. The molecule has 1 aromatic carbocycles. The molecule has 0 aromatic heterocycles. The predicted molar refractivity (Wildman–Crippen MR) is 76.5 cm³/mol. The van der Waals surface area contributed by atoms with Gasteiger partial charge in [0.2, 0.25) is 0 Å². The summed E-state index contributed by atoms with van der Waals surface area (Å²) in [5.74, 6) is 0. The van der Waals surface area contributed by atoms with Crippen molar-refractivity contribution < 1.29 is 9.13 Å². The summed E-state index contributed by atoms with van der Waals surface area (Å²) in [7, 11) is 1.49. The Kier molecular flexibility index (Phi) is 5.21. The van der Waals surface area contributed by atoms with Gasteiger partial charge in [-0.1, -0.05) is 17.2 Å². The molecule has 1 aliphatic rings. The maximum Gasteiger partial charge on any atom is 0.101 e. The first-order valence-electron chi connectivity index (χ1n) is 6.78. The summed E-state index contributed by atoms with van der Waals surface area (Å²) < 4.78 is 18.2. The Morgan fingerprint density at radius 1 is 1.35 bits per heavy atom. The topological polar surface area (TPSA) is 61.2 Å². The molecule has 1 unspecified atom stereocenters. The van der Waals surface area contributed by atoms with Gasteiger partial charge in [-0.15, -0.1) is 0 Å². The number of alkyl halides is 1. The minimum Gasteiger partial charge on any atom is -0.376 e. The molecule has 0 bridgehead atoms. The maximum absolute atomic E-state index is 12.9. The number of methoxy groups -OCH3 is 1. The van der Waals surface area contributed by atoms with E-state index in [1.807, 2.05) is 24.3 Å². The Hall–Kier alpha value is -1.78. The molecule has 1 fully saturated rings. The molecule has 0 amide bonds. The third-order valence-electron chi connectivity index (χ3n) is 3.65. The van der Waals surface area contributed by atoms with Crippen LogP contribution in [0.4, 0.5) is 10.1 Å². The van der Waals surface area contributed by atoms with E-state index in [1.165, 1.54) is 25.6 Å². The van der Waals surface area contributed by atoms with Crippen molar-refractivity contribution in [1.82, 2.24) is 0 Å². The zero-order chi connectivity index (χ0) is 14.4. The standard InChI is InChI=1S/C14H19FN4O/c1-20-14(13(10-15)17-18-16)11-4-6-12(7-5-11)19-8-2-3-9-19/h4-7,13-14H,2-3,8-10H2,1H3/t13?,14-/m1/s1. The van der Waals surface area contributed by atoms with E-state index in [1.54, 1.807) is 0 Å². The van der Waals surface area contributed by atoms with Crippen molar-refractivity contribution in [3.8, 4) is 0 Å². The molecule has 2 atom stereocenters. The van der Waals surface area contributed by atoms with Crippen LogP contribution in [0, 0.1) is 0 Å². The Labute approximate surface area is 118 Å². The third-order valence-corrected chi connectivity index (χ3v) is 3.65. The average molecular weight is 278 g/mol. The summed E-state index contributed by atoms with van der Waals surface area (Å²) in [4.78, 5) is 5.00. The fraction of sp³-hybridized carbons (Fsp3) is 0.571. The van der Waals surface area contributed by atoms with Crippen molar-refractivity contribution in [3.05, 3.63) is 40.3 Å². The molecular weight excluding hydrogens is 259 g/mol. The second-order valence-electron chi connectivity index (χ2n) is 4.87. The normalized spacial score (nSPS) is 17.6.